The summed E-state index contributed by atoms with van der Waals surface area (Å²) >= 11 is 0. The van der Waals surface area contributed by atoms with Crippen molar-refractivity contribution in [1.82, 2.24) is 10.2 Å². The van der Waals surface area contributed by atoms with E-state index >= 15 is 0 Å². The van der Waals surface area contributed by atoms with Crippen molar-refractivity contribution < 1.29 is 29.6 Å². The Kier molecular flexibility index (Phi) is 10.1. The van der Waals surface area contributed by atoms with Crippen molar-refractivity contribution in [3.05, 3.63) is 95.1 Å². The number of amides is 2. The number of benzene rings is 3. The Labute approximate surface area is 235 Å². The maximum absolute atomic E-state index is 12.1. The lowest BCUT2D eigenvalue weighted by Crippen LogP contribution is -2.44. The molecule has 5 atom stereocenters. The highest BCUT2D eigenvalue weighted by Crippen LogP contribution is 2.42. The van der Waals surface area contributed by atoms with E-state index in [0.29, 0.717) is 30.9 Å². The second kappa shape index (κ2) is 13.7. The van der Waals surface area contributed by atoms with E-state index in [9.17, 15) is 20.1 Å². The van der Waals surface area contributed by atoms with E-state index < -0.39 is 12.4 Å². The summed E-state index contributed by atoms with van der Waals surface area (Å²) in [5.74, 6) is 0.0793. The van der Waals surface area contributed by atoms with E-state index in [0.717, 1.165) is 16.7 Å². The SMILES string of the molecule is CCNC(=O)Nc1cccc([C@@H]2O[C@H](CN(C)C[C@@H](O)c3cccc(O)c3)[C@H](C)[C@H](c3ccc(CO)cc3)O2)c1. The number of aliphatic hydroxyl groups excluding tert-OH is 2. The molecular formula is C31H39N3O6. The summed E-state index contributed by atoms with van der Waals surface area (Å²) in [4.78, 5) is 14.1. The maximum Gasteiger partial charge on any atom is 0.319 e. The van der Waals surface area contributed by atoms with Gasteiger partial charge in [-0.3, -0.25) is 0 Å². The number of rotatable bonds is 10. The number of aromatic hydroxyl groups is 1. The number of aliphatic hydroxyl groups is 2. The van der Waals surface area contributed by atoms with Gasteiger partial charge in [-0.1, -0.05) is 55.5 Å². The third-order valence-electron chi connectivity index (χ3n) is 7.11. The van der Waals surface area contributed by atoms with Gasteiger partial charge in [-0.05, 0) is 54.9 Å². The van der Waals surface area contributed by atoms with Gasteiger partial charge in [0, 0.05) is 36.8 Å². The topological polar surface area (TPSA) is 124 Å². The van der Waals surface area contributed by atoms with Crippen LogP contribution >= 0.6 is 0 Å². The van der Waals surface area contributed by atoms with Gasteiger partial charge in [0.15, 0.2) is 6.29 Å². The molecule has 1 saturated heterocycles. The van der Waals surface area contributed by atoms with Crippen LogP contribution in [0, 0.1) is 5.92 Å². The summed E-state index contributed by atoms with van der Waals surface area (Å²) in [6, 6.07) is 21.5. The average molecular weight is 550 g/mol. The Hall–Kier alpha value is -3.47. The third-order valence-corrected chi connectivity index (χ3v) is 7.11. The molecule has 9 nitrogen and oxygen atoms in total. The molecule has 3 aromatic carbocycles. The smallest absolute Gasteiger partial charge is 0.319 e. The maximum atomic E-state index is 12.1. The number of urea groups is 1. The second-order valence-electron chi connectivity index (χ2n) is 10.3. The molecule has 2 amide bonds. The molecule has 1 fully saturated rings. The summed E-state index contributed by atoms with van der Waals surface area (Å²) in [6.45, 7) is 5.30. The Morgan fingerprint density at radius 3 is 2.48 bits per heavy atom. The van der Waals surface area contributed by atoms with Gasteiger partial charge in [-0.15, -0.1) is 0 Å². The molecule has 0 unspecified atom stereocenters. The standard InChI is InChI=1S/C31H39N3O6/c1-4-32-31(38)33-25-9-5-8-24(15-25)30-39-28(18-34(3)17-27(37)23-7-6-10-26(36)16-23)20(2)29(40-30)22-13-11-21(19-35)12-14-22/h5-16,20,27-30,35-37H,4,17-19H2,1-3H3,(H2,32,33,38)/t20-,27+,28+,29+,30+/m0/s1. The van der Waals surface area contributed by atoms with Crippen LogP contribution in [0.1, 0.15) is 54.6 Å². The summed E-state index contributed by atoms with van der Waals surface area (Å²) in [5, 5.41) is 35.6. The lowest BCUT2D eigenvalue weighted by atomic mass is 9.90. The highest BCUT2D eigenvalue weighted by molar-refractivity contribution is 5.89. The molecule has 3 aromatic rings. The number of carbonyl (C=O) groups excluding carboxylic acids is 1. The average Bonchev–Trinajstić information content (AvgIpc) is 2.94. The van der Waals surface area contributed by atoms with Crippen molar-refractivity contribution in [3.63, 3.8) is 0 Å². The number of anilines is 1. The lowest BCUT2D eigenvalue weighted by Gasteiger charge is -2.42. The zero-order valence-corrected chi connectivity index (χ0v) is 23.2. The third kappa shape index (κ3) is 7.59. The fourth-order valence-electron chi connectivity index (χ4n) is 4.94. The van der Waals surface area contributed by atoms with E-state index in [4.69, 9.17) is 9.47 Å². The zero-order chi connectivity index (χ0) is 28.6. The molecule has 0 saturated carbocycles. The zero-order valence-electron chi connectivity index (χ0n) is 23.2. The molecule has 0 spiro atoms. The minimum Gasteiger partial charge on any atom is -0.508 e. The van der Waals surface area contributed by atoms with E-state index in [2.05, 4.69) is 17.6 Å². The van der Waals surface area contributed by atoms with E-state index in [1.807, 2.05) is 67.4 Å². The molecule has 40 heavy (non-hydrogen) atoms. The van der Waals surface area contributed by atoms with Gasteiger partial charge in [0.1, 0.15) is 5.75 Å². The Bertz CT molecular complexity index is 1250. The van der Waals surface area contributed by atoms with E-state index in [1.54, 1.807) is 24.3 Å². The summed E-state index contributed by atoms with van der Waals surface area (Å²) < 4.78 is 13.0. The summed E-state index contributed by atoms with van der Waals surface area (Å²) in [5.41, 5.74) is 3.83. The van der Waals surface area contributed by atoms with Gasteiger partial charge in [-0.2, -0.15) is 0 Å². The fourth-order valence-corrected chi connectivity index (χ4v) is 4.94. The monoisotopic (exact) mass is 549 g/mol. The number of ether oxygens (including phenoxy) is 2. The van der Waals surface area contributed by atoms with E-state index in [1.165, 1.54) is 0 Å². The molecule has 0 aliphatic carbocycles. The first-order valence-electron chi connectivity index (χ1n) is 13.6. The lowest BCUT2D eigenvalue weighted by molar-refractivity contribution is -0.276. The van der Waals surface area contributed by atoms with Crippen LogP contribution in [0.25, 0.3) is 0 Å². The molecule has 1 aliphatic heterocycles. The van der Waals surface area contributed by atoms with Gasteiger partial charge in [0.05, 0.1) is 24.9 Å². The van der Waals surface area contributed by atoms with Crippen LogP contribution in [0.5, 0.6) is 5.75 Å². The van der Waals surface area contributed by atoms with Crippen LogP contribution in [0.4, 0.5) is 10.5 Å². The highest BCUT2D eigenvalue weighted by atomic mass is 16.7. The second-order valence-corrected chi connectivity index (χ2v) is 10.3. The number of phenolic OH excluding ortho intramolecular Hbond substituents is 1. The number of phenols is 1. The van der Waals surface area contributed by atoms with Crippen molar-refractivity contribution in [2.75, 3.05) is 32.0 Å². The van der Waals surface area contributed by atoms with Crippen molar-refractivity contribution in [2.45, 2.75) is 45.1 Å². The van der Waals surface area contributed by atoms with Crippen LogP contribution < -0.4 is 10.6 Å². The number of hydrogen-bond acceptors (Lipinski definition) is 7. The van der Waals surface area contributed by atoms with Gasteiger partial charge in [0.25, 0.3) is 0 Å². The van der Waals surface area contributed by atoms with Gasteiger partial charge < -0.3 is 40.3 Å². The largest absolute Gasteiger partial charge is 0.508 e. The van der Waals surface area contributed by atoms with Crippen LogP contribution in [-0.2, 0) is 16.1 Å². The summed E-state index contributed by atoms with van der Waals surface area (Å²) in [7, 11) is 1.93. The van der Waals surface area contributed by atoms with Gasteiger partial charge in [0.2, 0.25) is 0 Å². The van der Waals surface area contributed by atoms with Crippen molar-refractivity contribution in [3.8, 4) is 5.75 Å². The molecule has 0 aromatic heterocycles. The predicted octanol–water partition coefficient (Wildman–Crippen LogP) is 4.48. The predicted molar refractivity (Wildman–Crippen MR) is 153 cm³/mol. The van der Waals surface area contributed by atoms with Crippen molar-refractivity contribution >= 4 is 11.7 Å². The molecule has 0 bridgehead atoms. The Morgan fingerprint density at radius 2 is 1.77 bits per heavy atom. The first-order valence-corrected chi connectivity index (χ1v) is 13.6. The summed E-state index contributed by atoms with van der Waals surface area (Å²) in [6.07, 6.45) is -2.01. The Balaban J connectivity index is 1.55. The Morgan fingerprint density at radius 1 is 1.02 bits per heavy atom. The molecule has 214 valence electrons. The number of hydrogen-bond donors (Lipinski definition) is 5. The van der Waals surface area contributed by atoms with Gasteiger partial charge >= 0.3 is 6.03 Å². The molecule has 1 aliphatic rings. The highest BCUT2D eigenvalue weighted by Gasteiger charge is 2.39. The van der Waals surface area contributed by atoms with Crippen LogP contribution in [-0.4, -0.2) is 59.0 Å². The van der Waals surface area contributed by atoms with Crippen LogP contribution in [0.3, 0.4) is 0 Å². The number of nitrogens with one attached hydrogen (secondary N) is 2. The minimum atomic E-state index is -0.776. The van der Waals surface area contributed by atoms with Crippen molar-refractivity contribution in [2.24, 2.45) is 5.92 Å². The first kappa shape index (κ1) is 29.5. The number of likely N-dealkylation sites (N-methyl/N-ethyl adjacent to an activating group) is 1. The molecule has 9 heteroatoms. The number of carbonyl (C=O) groups is 1. The molecule has 0 radical (unpaired) electrons. The first-order chi connectivity index (χ1) is 19.3. The van der Waals surface area contributed by atoms with Gasteiger partial charge in [-0.25, -0.2) is 4.79 Å². The van der Waals surface area contributed by atoms with E-state index in [-0.39, 0.29) is 36.5 Å². The van der Waals surface area contributed by atoms with Crippen molar-refractivity contribution in [1.29, 1.82) is 0 Å². The normalized spacial score (nSPS) is 21.6. The molecular weight excluding hydrogens is 510 g/mol. The minimum absolute atomic E-state index is 0.0340. The molecule has 5 N–H and O–H groups in total. The van der Waals surface area contributed by atoms with Crippen LogP contribution in [0.2, 0.25) is 0 Å². The van der Waals surface area contributed by atoms with Crippen LogP contribution in [0.15, 0.2) is 72.8 Å². The molecule has 1 heterocycles. The quantitative estimate of drug-likeness (QED) is 0.253. The molecule has 4 rings (SSSR count). The number of nitrogens with zero attached hydrogens (tertiary/aromatic N) is 1. The fraction of sp³-hybridized carbons (Fsp3) is 0.387.